The van der Waals surface area contributed by atoms with Crippen LogP contribution in [0.1, 0.15) is 87.4 Å². The van der Waals surface area contributed by atoms with Gasteiger partial charge in [0.1, 0.15) is 17.2 Å². The van der Waals surface area contributed by atoms with E-state index in [-0.39, 0.29) is 11.4 Å². The van der Waals surface area contributed by atoms with Crippen molar-refractivity contribution in [3.05, 3.63) is 64.4 Å². The van der Waals surface area contributed by atoms with Crippen LogP contribution in [0, 0.1) is 19.7 Å². The number of carbonyl (C=O) groups is 3. The number of carbonyl (C=O) groups excluding carboxylic acids is 3. The zero-order valence-electron chi connectivity index (χ0n) is 22.2. The lowest BCUT2D eigenvalue weighted by molar-refractivity contribution is -0.120. The second kappa shape index (κ2) is 16.1. The number of nitrogens with one attached hydrogen (secondary N) is 2. The standard InChI is InChI=1S/C11H9N3O3.C10H11FO.3C2H6/c1-5-2-7-6(4-12-5)3-8(17-7)9-10(15)14-11(16)13-9;1-3-8-5-4-7(2)10(11)9(8)6-12;3*1-2/h2-4,9H,1H3,(H2,13,14,15,16);4-6H,3H2,1-2H3;3*1-2H3. The maximum absolute atomic E-state index is 13.2. The zero-order valence-corrected chi connectivity index (χ0v) is 22.2. The molecule has 3 aromatic rings. The highest BCUT2D eigenvalue weighted by Gasteiger charge is 2.33. The fourth-order valence-electron chi connectivity index (χ4n) is 2.99. The van der Waals surface area contributed by atoms with E-state index in [4.69, 9.17) is 4.42 Å². The van der Waals surface area contributed by atoms with Gasteiger partial charge in [-0.2, -0.15) is 0 Å². The van der Waals surface area contributed by atoms with Gasteiger partial charge in [-0.05, 0) is 37.5 Å². The Kier molecular flexibility index (Phi) is 14.5. The number of nitrogens with zero attached hydrogens (tertiary/aromatic N) is 1. The van der Waals surface area contributed by atoms with Crippen LogP contribution in [0.4, 0.5) is 9.18 Å². The molecule has 7 nitrogen and oxygen atoms in total. The Labute approximate surface area is 207 Å². The van der Waals surface area contributed by atoms with E-state index in [0.717, 1.165) is 16.6 Å². The number of hydrogen-bond donors (Lipinski definition) is 2. The fraction of sp³-hybridized carbons (Fsp3) is 0.407. The highest BCUT2D eigenvalue weighted by Crippen LogP contribution is 2.25. The summed E-state index contributed by atoms with van der Waals surface area (Å²) >= 11 is 0. The van der Waals surface area contributed by atoms with Crippen LogP contribution in [-0.2, 0) is 11.2 Å². The van der Waals surface area contributed by atoms with Crippen molar-refractivity contribution in [2.45, 2.75) is 74.8 Å². The molecule has 1 aromatic carbocycles. The van der Waals surface area contributed by atoms with Gasteiger partial charge in [-0.15, -0.1) is 0 Å². The lowest BCUT2D eigenvalue weighted by Crippen LogP contribution is -2.22. The van der Waals surface area contributed by atoms with Gasteiger partial charge < -0.3 is 9.73 Å². The smallest absolute Gasteiger partial charge is 0.322 e. The molecule has 35 heavy (non-hydrogen) atoms. The molecule has 8 heteroatoms. The molecule has 1 aliphatic heterocycles. The molecule has 1 fully saturated rings. The number of halogens is 1. The SMILES string of the molecule is CC.CC.CC.CCc1ccc(C)c(F)c1C=O.Cc1cc2oc(C3NC(=O)NC3=O)cc2cn1. The lowest BCUT2D eigenvalue weighted by atomic mass is 10.0. The van der Waals surface area contributed by atoms with Gasteiger partial charge in [-0.25, -0.2) is 9.18 Å². The van der Waals surface area contributed by atoms with Crippen LogP contribution in [0.15, 0.2) is 34.9 Å². The van der Waals surface area contributed by atoms with E-state index in [9.17, 15) is 18.8 Å². The van der Waals surface area contributed by atoms with E-state index >= 15 is 0 Å². The first-order valence-electron chi connectivity index (χ1n) is 12.0. The number of aldehydes is 1. The number of aromatic nitrogens is 1. The lowest BCUT2D eigenvalue weighted by Gasteiger charge is -2.04. The van der Waals surface area contributed by atoms with Gasteiger partial charge in [-0.1, -0.05) is 60.6 Å². The van der Waals surface area contributed by atoms with E-state index in [2.05, 4.69) is 15.6 Å². The van der Waals surface area contributed by atoms with Crippen molar-refractivity contribution in [2.75, 3.05) is 0 Å². The summed E-state index contributed by atoms with van der Waals surface area (Å²) < 4.78 is 18.8. The van der Waals surface area contributed by atoms with Crippen LogP contribution in [0.2, 0.25) is 0 Å². The molecule has 1 unspecified atom stereocenters. The Morgan fingerprint density at radius 2 is 1.69 bits per heavy atom. The molecular weight excluding hydrogens is 449 g/mol. The van der Waals surface area contributed by atoms with Gasteiger partial charge >= 0.3 is 6.03 Å². The van der Waals surface area contributed by atoms with Gasteiger partial charge in [0.15, 0.2) is 12.3 Å². The summed E-state index contributed by atoms with van der Waals surface area (Å²) in [5.74, 6) is -0.376. The molecule has 0 spiro atoms. The monoisotopic (exact) mass is 487 g/mol. The van der Waals surface area contributed by atoms with Gasteiger partial charge in [0.05, 0.1) is 5.56 Å². The van der Waals surface area contributed by atoms with E-state index < -0.39 is 18.0 Å². The maximum atomic E-state index is 13.2. The number of urea groups is 1. The fourth-order valence-corrected chi connectivity index (χ4v) is 2.99. The topological polar surface area (TPSA) is 101 Å². The Balaban J connectivity index is 0.000000567. The van der Waals surface area contributed by atoms with E-state index in [0.29, 0.717) is 29.6 Å². The van der Waals surface area contributed by atoms with Gasteiger partial charge in [0, 0.05) is 23.3 Å². The average Bonchev–Trinajstić information content (AvgIpc) is 3.46. The minimum Gasteiger partial charge on any atom is -0.458 e. The van der Waals surface area contributed by atoms with Crippen LogP contribution < -0.4 is 10.6 Å². The van der Waals surface area contributed by atoms with Crippen molar-refractivity contribution >= 4 is 29.2 Å². The Bertz CT molecular complexity index is 1110. The minimum absolute atomic E-state index is 0.206. The predicted octanol–water partition coefficient (Wildman–Crippen LogP) is 6.60. The summed E-state index contributed by atoms with van der Waals surface area (Å²) in [6.07, 6.45) is 2.94. The van der Waals surface area contributed by atoms with Gasteiger partial charge in [-0.3, -0.25) is 19.9 Å². The molecule has 1 saturated heterocycles. The second-order valence-corrected chi connectivity index (χ2v) is 6.65. The normalized spacial score (nSPS) is 13.4. The third kappa shape index (κ3) is 8.31. The third-order valence-corrected chi connectivity index (χ3v) is 4.58. The molecule has 0 bridgehead atoms. The number of furan rings is 1. The molecular formula is C27H38FN3O4. The first-order chi connectivity index (χ1) is 16.8. The van der Waals surface area contributed by atoms with Gasteiger partial charge in [0.25, 0.3) is 5.91 Å². The van der Waals surface area contributed by atoms with Crippen molar-refractivity contribution in [1.29, 1.82) is 0 Å². The number of fused-ring (bicyclic) bond motifs is 1. The number of amides is 3. The number of pyridine rings is 1. The number of rotatable bonds is 3. The minimum atomic E-state index is -0.754. The van der Waals surface area contributed by atoms with Crippen LogP contribution in [0.3, 0.4) is 0 Å². The Morgan fingerprint density at radius 1 is 1.06 bits per heavy atom. The zero-order chi connectivity index (χ0) is 27.1. The summed E-state index contributed by atoms with van der Waals surface area (Å²) in [4.78, 5) is 37.1. The molecule has 1 atom stereocenters. The first-order valence-corrected chi connectivity index (χ1v) is 12.0. The summed E-state index contributed by atoms with van der Waals surface area (Å²) in [7, 11) is 0. The molecule has 0 saturated carbocycles. The van der Waals surface area contributed by atoms with Gasteiger partial charge in [0.2, 0.25) is 0 Å². The third-order valence-electron chi connectivity index (χ3n) is 4.58. The molecule has 3 heterocycles. The average molecular weight is 488 g/mol. The van der Waals surface area contributed by atoms with E-state index in [1.54, 1.807) is 37.4 Å². The van der Waals surface area contributed by atoms with E-state index in [1.165, 1.54) is 0 Å². The molecule has 1 aliphatic rings. The number of hydrogen-bond acceptors (Lipinski definition) is 5. The summed E-state index contributed by atoms with van der Waals surface area (Å²) in [6, 6.07) is 5.72. The molecule has 2 aromatic heterocycles. The summed E-state index contributed by atoms with van der Waals surface area (Å²) in [6.45, 7) is 17.4. The Hall–Kier alpha value is -3.55. The maximum Gasteiger partial charge on any atom is 0.322 e. The quantitative estimate of drug-likeness (QED) is 0.320. The van der Waals surface area contributed by atoms with Crippen molar-refractivity contribution in [2.24, 2.45) is 0 Å². The molecule has 3 amide bonds. The van der Waals surface area contributed by atoms with Crippen molar-refractivity contribution in [1.82, 2.24) is 15.6 Å². The summed E-state index contributed by atoms with van der Waals surface area (Å²) in [5, 5.41) is 5.44. The predicted molar refractivity (Wildman–Crippen MR) is 138 cm³/mol. The number of aryl methyl sites for hydroxylation is 3. The molecule has 4 rings (SSSR count). The molecule has 2 N–H and O–H groups in total. The summed E-state index contributed by atoms with van der Waals surface area (Å²) in [5.41, 5.74) is 2.99. The van der Waals surface area contributed by atoms with Crippen molar-refractivity contribution < 1.29 is 23.2 Å². The highest BCUT2D eigenvalue weighted by atomic mass is 19.1. The second-order valence-electron chi connectivity index (χ2n) is 6.65. The first kappa shape index (κ1) is 31.4. The van der Waals surface area contributed by atoms with Crippen LogP contribution in [0.25, 0.3) is 11.0 Å². The van der Waals surface area contributed by atoms with E-state index in [1.807, 2.05) is 55.4 Å². The molecule has 0 radical (unpaired) electrons. The molecule has 192 valence electrons. The Morgan fingerprint density at radius 3 is 2.20 bits per heavy atom. The van der Waals surface area contributed by atoms with Crippen LogP contribution in [-0.4, -0.2) is 23.2 Å². The molecule has 0 aliphatic carbocycles. The number of imide groups is 1. The van der Waals surface area contributed by atoms with Crippen molar-refractivity contribution in [3.8, 4) is 0 Å². The largest absolute Gasteiger partial charge is 0.458 e. The van der Waals surface area contributed by atoms with Crippen LogP contribution >= 0.6 is 0 Å². The van der Waals surface area contributed by atoms with Crippen molar-refractivity contribution in [3.63, 3.8) is 0 Å². The van der Waals surface area contributed by atoms with Crippen LogP contribution in [0.5, 0.6) is 0 Å². The highest BCUT2D eigenvalue weighted by molar-refractivity contribution is 6.04. The number of benzene rings is 1.